The summed E-state index contributed by atoms with van der Waals surface area (Å²) in [6.45, 7) is 5.78. The van der Waals surface area contributed by atoms with Gasteiger partial charge < -0.3 is 15.2 Å². The second kappa shape index (κ2) is 10.3. The summed E-state index contributed by atoms with van der Waals surface area (Å²) in [6, 6.07) is 7.30. The lowest BCUT2D eigenvalue weighted by Crippen LogP contribution is -2.43. The minimum atomic E-state index is -3.82. The van der Waals surface area contributed by atoms with Gasteiger partial charge in [-0.3, -0.25) is 9.59 Å². The molecule has 2 saturated heterocycles. The Labute approximate surface area is 201 Å². The van der Waals surface area contributed by atoms with E-state index in [9.17, 15) is 18.0 Å². The number of carbonyl (C=O) groups excluding carboxylic acids is 2. The molecule has 0 spiro atoms. The fourth-order valence-electron chi connectivity index (χ4n) is 4.72. The molecule has 1 aromatic heterocycles. The van der Waals surface area contributed by atoms with E-state index in [2.05, 4.69) is 10.3 Å². The number of nitrogens with one attached hydrogen (secondary N) is 2. The van der Waals surface area contributed by atoms with E-state index in [1.165, 1.54) is 16.6 Å². The van der Waals surface area contributed by atoms with E-state index in [-0.39, 0.29) is 23.3 Å². The maximum atomic E-state index is 13.3. The number of amides is 2. The summed E-state index contributed by atoms with van der Waals surface area (Å²) < 4.78 is 28.0. The van der Waals surface area contributed by atoms with Gasteiger partial charge in [0.25, 0.3) is 5.91 Å². The minimum absolute atomic E-state index is 0.0706. The highest BCUT2D eigenvalue weighted by Crippen LogP contribution is 2.26. The maximum absolute atomic E-state index is 13.3. The van der Waals surface area contributed by atoms with Crippen LogP contribution in [0.3, 0.4) is 0 Å². The van der Waals surface area contributed by atoms with Crippen LogP contribution in [-0.2, 0) is 14.8 Å². The van der Waals surface area contributed by atoms with Crippen LogP contribution in [0.25, 0.3) is 0 Å². The molecular weight excluding hydrogens is 452 g/mol. The lowest BCUT2D eigenvalue weighted by molar-refractivity contribution is -0.120. The molecule has 2 N–H and O–H groups in total. The minimum Gasteiger partial charge on any atom is -0.356 e. The average molecular weight is 487 g/mol. The summed E-state index contributed by atoms with van der Waals surface area (Å²) in [6.07, 6.45) is 6.79. The zero-order valence-electron chi connectivity index (χ0n) is 20.0. The van der Waals surface area contributed by atoms with Gasteiger partial charge in [-0.15, -0.1) is 0 Å². The van der Waals surface area contributed by atoms with E-state index in [1.807, 2.05) is 32.0 Å². The first kappa shape index (κ1) is 24.5. The zero-order valence-corrected chi connectivity index (χ0v) is 20.8. The number of nitrogens with zero attached hydrogens (tertiary/aromatic N) is 2. The Balaban J connectivity index is 1.44. The molecule has 0 bridgehead atoms. The predicted molar refractivity (Wildman–Crippen MR) is 131 cm³/mol. The van der Waals surface area contributed by atoms with Crippen molar-refractivity contribution in [3.8, 4) is 0 Å². The molecule has 0 radical (unpaired) electrons. The Bertz CT molecular complexity index is 1150. The molecule has 1 atom stereocenters. The number of carbonyl (C=O) groups is 2. The summed E-state index contributed by atoms with van der Waals surface area (Å²) in [5, 5.41) is 2.98. The number of aromatic nitrogens is 1. The highest BCUT2D eigenvalue weighted by Gasteiger charge is 2.34. The van der Waals surface area contributed by atoms with Crippen LogP contribution in [0.1, 0.15) is 60.1 Å². The van der Waals surface area contributed by atoms with Gasteiger partial charge in [-0.25, -0.2) is 8.42 Å². The summed E-state index contributed by atoms with van der Waals surface area (Å²) in [5.41, 5.74) is 3.06. The van der Waals surface area contributed by atoms with Crippen LogP contribution in [0.15, 0.2) is 35.4 Å². The quantitative estimate of drug-likeness (QED) is 0.673. The lowest BCUT2D eigenvalue weighted by Gasteiger charge is -2.31. The first-order valence-electron chi connectivity index (χ1n) is 12.1. The van der Waals surface area contributed by atoms with Crippen LogP contribution < -0.4 is 5.32 Å². The van der Waals surface area contributed by atoms with Crippen molar-refractivity contribution < 1.29 is 18.0 Å². The number of likely N-dealkylation sites (tertiary alicyclic amines) is 1. The van der Waals surface area contributed by atoms with E-state index >= 15 is 0 Å². The fourth-order valence-corrected chi connectivity index (χ4v) is 6.24. The molecule has 4 rings (SSSR count). The number of benzene rings is 1. The number of aryl methyl sites for hydroxylation is 2. The van der Waals surface area contributed by atoms with E-state index in [1.54, 1.807) is 4.90 Å². The maximum Gasteiger partial charge on any atom is 0.270 e. The SMILES string of the molecule is Cc1ccc(C)c(NC(=O)[C@@H]2CCCN(S(=O)(=O)c3c[nH]c(C(=O)N4CCCCCC4)c3)C2)c1. The Morgan fingerprint density at radius 2 is 1.74 bits per heavy atom. The number of H-pyrrole nitrogens is 1. The van der Waals surface area contributed by atoms with E-state index in [0.29, 0.717) is 38.2 Å². The van der Waals surface area contributed by atoms with Gasteiger partial charge in [0, 0.05) is 38.1 Å². The summed E-state index contributed by atoms with van der Waals surface area (Å²) in [7, 11) is -3.82. The molecular formula is C25H34N4O4S. The Kier molecular flexibility index (Phi) is 7.42. The molecule has 184 valence electrons. The van der Waals surface area contributed by atoms with Gasteiger partial charge in [-0.1, -0.05) is 25.0 Å². The largest absolute Gasteiger partial charge is 0.356 e. The first-order valence-corrected chi connectivity index (χ1v) is 13.6. The standard InChI is InChI=1S/C25H34N4O4S/c1-18-9-10-19(2)22(14-18)27-24(30)20-8-7-13-29(17-20)34(32,33)21-15-23(26-16-21)25(31)28-11-5-3-4-6-12-28/h9-10,14-16,20,26H,3-8,11-13,17H2,1-2H3,(H,27,30)/t20-/m1/s1. The molecule has 2 fully saturated rings. The Hall–Kier alpha value is -2.65. The number of sulfonamides is 1. The molecule has 8 nitrogen and oxygen atoms in total. The first-order chi connectivity index (χ1) is 16.3. The van der Waals surface area contributed by atoms with Gasteiger partial charge in [0.1, 0.15) is 10.6 Å². The van der Waals surface area contributed by atoms with Crippen molar-refractivity contribution in [1.29, 1.82) is 0 Å². The zero-order chi connectivity index (χ0) is 24.3. The number of piperidine rings is 1. The topological polar surface area (TPSA) is 103 Å². The van der Waals surface area contributed by atoms with Gasteiger partial charge in [-0.2, -0.15) is 4.31 Å². The van der Waals surface area contributed by atoms with Crippen LogP contribution in [-0.4, -0.2) is 60.6 Å². The van der Waals surface area contributed by atoms with Gasteiger partial charge in [0.05, 0.1) is 5.92 Å². The van der Waals surface area contributed by atoms with Gasteiger partial charge in [-0.05, 0) is 62.8 Å². The van der Waals surface area contributed by atoms with E-state index in [4.69, 9.17) is 0 Å². The van der Waals surface area contributed by atoms with Crippen molar-refractivity contribution in [2.24, 2.45) is 5.92 Å². The smallest absolute Gasteiger partial charge is 0.270 e. The van der Waals surface area contributed by atoms with Crippen LogP contribution in [0.2, 0.25) is 0 Å². The molecule has 9 heteroatoms. The fraction of sp³-hybridized carbons (Fsp3) is 0.520. The highest BCUT2D eigenvalue weighted by atomic mass is 32.2. The number of hydrogen-bond acceptors (Lipinski definition) is 4. The molecule has 2 aliphatic heterocycles. The summed E-state index contributed by atoms with van der Waals surface area (Å²) in [5.74, 6) is -0.756. The van der Waals surface area contributed by atoms with Crippen molar-refractivity contribution in [3.05, 3.63) is 47.3 Å². The van der Waals surface area contributed by atoms with Gasteiger partial charge in [0.2, 0.25) is 15.9 Å². The molecule has 3 heterocycles. The molecule has 1 aromatic carbocycles. The number of anilines is 1. The molecule has 0 unspecified atom stereocenters. The van der Waals surface area contributed by atoms with Crippen LogP contribution in [0.5, 0.6) is 0 Å². The van der Waals surface area contributed by atoms with Crippen molar-refractivity contribution >= 4 is 27.5 Å². The number of aromatic amines is 1. The highest BCUT2D eigenvalue weighted by molar-refractivity contribution is 7.89. The number of rotatable bonds is 5. The Morgan fingerprint density at radius 1 is 1.00 bits per heavy atom. The molecule has 2 aromatic rings. The van der Waals surface area contributed by atoms with Crippen LogP contribution >= 0.6 is 0 Å². The van der Waals surface area contributed by atoms with Crippen LogP contribution in [0, 0.1) is 19.8 Å². The van der Waals surface area contributed by atoms with Crippen molar-refractivity contribution in [2.75, 3.05) is 31.5 Å². The second-order valence-corrected chi connectivity index (χ2v) is 11.4. The summed E-state index contributed by atoms with van der Waals surface area (Å²) >= 11 is 0. The van der Waals surface area contributed by atoms with Crippen molar-refractivity contribution in [1.82, 2.24) is 14.2 Å². The average Bonchev–Trinajstić information content (AvgIpc) is 3.18. The lowest BCUT2D eigenvalue weighted by atomic mass is 9.98. The summed E-state index contributed by atoms with van der Waals surface area (Å²) in [4.78, 5) is 30.6. The second-order valence-electron chi connectivity index (χ2n) is 9.47. The van der Waals surface area contributed by atoms with E-state index < -0.39 is 15.9 Å². The van der Waals surface area contributed by atoms with Crippen molar-refractivity contribution in [2.45, 2.75) is 57.3 Å². The molecule has 2 amide bonds. The van der Waals surface area contributed by atoms with Crippen molar-refractivity contribution in [3.63, 3.8) is 0 Å². The Morgan fingerprint density at radius 3 is 2.47 bits per heavy atom. The molecule has 0 saturated carbocycles. The normalized spacial score (nSPS) is 20.1. The third-order valence-electron chi connectivity index (χ3n) is 6.82. The monoisotopic (exact) mass is 486 g/mol. The van der Waals surface area contributed by atoms with Gasteiger partial charge >= 0.3 is 0 Å². The number of hydrogen-bond donors (Lipinski definition) is 2. The van der Waals surface area contributed by atoms with Gasteiger partial charge in [0.15, 0.2) is 0 Å². The molecule has 2 aliphatic rings. The molecule has 0 aliphatic carbocycles. The molecule has 34 heavy (non-hydrogen) atoms. The van der Waals surface area contributed by atoms with E-state index in [0.717, 1.165) is 42.5 Å². The predicted octanol–water partition coefficient (Wildman–Crippen LogP) is 3.69. The van der Waals surface area contributed by atoms with Crippen LogP contribution in [0.4, 0.5) is 5.69 Å². The third-order valence-corrected chi connectivity index (χ3v) is 8.67. The third kappa shape index (κ3) is 5.36.